The summed E-state index contributed by atoms with van der Waals surface area (Å²) in [6.45, 7) is 0.889. The lowest BCUT2D eigenvalue weighted by molar-refractivity contribution is 0.818. The van der Waals surface area contributed by atoms with Gasteiger partial charge in [-0.25, -0.2) is 4.98 Å². The van der Waals surface area contributed by atoms with Crippen LogP contribution >= 0.6 is 0 Å². The van der Waals surface area contributed by atoms with Gasteiger partial charge in [0.1, 0.15) is 0 Å². The number of aromatic nitrogens is 3. The summed E-state index contributed by atoms with van der Waals surface area (Å²) in [4.78, 5) is 16.4. The van der Waals surface area contributed by atoms with Crippen LogP contribution in [0.25, 0.3) is 17.1 Å². The molecule has 0 saturated carbocycles. The van der Waals surface area contributed by atoms with E-state index in [1.54, 1.807) is 12.5 Å². The maximum atomic E-state index is 4.72. The van der Waals surface area contributed by atoms with E-state index in [9.17, 15) is 0 Å². The fourth-order valence-corrected chi connectivity index (χ4v) is 2.84. The molecule has 1 aliphatic heterocycles. The molecule has 0 saturated heterocycles. The number of H-pyrrole nitrogens is 1. The van der Waals surface area contributed by atoms with E-state index >= 15 is 0 Å². The van der Waals surface area contributed by atoms with Gasteiger partial charge in [0.25, 0.3) is 0 Å². The molecule has 0 aliphatic carbocycles. The van der Waals surface area contributed by atoms with Gasteiger partial charge in [0, 0.05) is 24.5 Å². The number of allylic oxidation sites excluding steroid dienone is 1. The van der Waals surface area contributed by atoms with Crippen molar-refractivity contribution in [1.29, 1.82) is 0 Å². The second-order valence-corrected chi connectivity index (χ2v) is 5.42. The zero-order chi connectivity index (χ0) is 14.8. The number of nitrogens with zero attached hydrogens (tertiary/aromatic N) is 3. The van der Waals surface area contributed by atoms with E-state index in [0.29, 0.717) is 0 Å². The highest BCUT2D eigenvalue weighted by molar-refractivity contribution is 6.15. The Hall–Kier alpha value is -2.75. The molecule has 0 radical (unpaired) electrons. The third-order valence-electron chi connectivity index (χ3n) is 3.90. The van der Waals surface area contributed by atoms with Gasteiger partial charge in [0.05, 0.1) is 23.1 Å². The molecule has 3 aromatic rings. The Labute approximate surface area is 128 Å². The molecular formula is C18H16N4. The van der Waals surface area contributed by atoms with E-state index in [0.717, 1.165) is 47.3 Å². The highest BCUT2D eigenvalue weighted by Crippen LogP contribution is 2.23. The molecule has 4 heteroatoms. The number of rotatable bonds is 2. The summed E-state index contributed by atoms with van der Waals surface area (Å²) < 4.78 is 0. The average molecular weight is 288 g/mol. The Balaban J connectivity index is 1.75. The number of imidazole rings is 1. The SMILES string of the molecule is C(=C1/CCCN=C1c1cccnc1)/c1ccc2[nH]cnc2c1. The fraction of sp³-hybridized carbons (Fsp3) is 0.167. The quantitative estimate of drug-likeness (QED) is 0.783. The molecule has 2 aromatic heterocycles. The van der Waals surface area contributed by atoms with Crippen molar-refractivity contribution in [2.45, 2.75) is 12.8 Å². The smallest absolute Gasteiger partial charge is 0.0931 e. The zero-order valence-electron chi connectivity index (χ0n) is 12.2. The van der Waals surface area contributed by atoms with E-state index in [1.165, 1.54) is 5.57 Å². The van der Waals surface area contributed by atoms with Crippen LogP contribution in [0.5, 0.6) is 0 Å². The number of pyridine rings is 1. The Kier molecular flexibility index (Phi) is 3.27. The summed E-state index contributed by atoms with van der Waals surface area (Å²) in [7, 11) is 0. The number of hydrogen-bond donors (Lipinski definition) is 1. The molecule has 0 spiro atoms. The molecule has 1 aromatic carbocycles. The first-order valence-electron chi connectivity index (χ1n) is 7.49. The van der Waals surface area contributed by atoms with E-state index in [1.807, 2.05) is 12.3 Å². The van der Waals surface area contributed by atoms with Crippen molar-refractivity contribution in [3.63, 3.8) is 0 Å². The van der Waals surface area contributed by atoms with E-state index in [4.69, 9.17) is 4.99 Å². The molecule has 0 atom stereocenters. The zero-order valence-corrected chi connectivity index (χ0v) is 12.2. The van der Waals surface area contributed by atoms with Gasteiger partial charge in [-0.15, -0.1) is 0 Å². The van der Waals surface area contributed by atoms with Crippen molar-refractivity contribution >= 4 is 22.8 Å². The maximum Gasteiger partial charge on any atom is 0.0931 e. The summed E-state index contributed by atoms with van der Waals surface area (Å²) in [5, 5.41) is 0. The van der Waals surface area contributed by atoms with Crippen LogP contribution in [0.2, 0.25) is 0 Å². The Morgan fingerprint density at radius 1 is 1.18 bits per heavy atom. The van der Waals surface area contributed by atoms with Crippen molar-refractivity contribution in [2.24, 2.45) is 4.99 Å². The summed E-state index contributed by atoms with van der Waals surface area (Å²) in [5.41, 5.74) is 6.65. The highest BCUT2D eigenvalue weighted by Gasteiger charge is 2.14. The van der Waals surface area contributed by atoms with Crippen molar-refractivity contribution < 1.29 is 0 Å². The molecule has 0 unspecified atom stereocenters. The Morgan fingerprint density at radius 3 is 3.09 bits per heavy atom. The predicted octanol–water partition coefficient (Wildman–Crippen LogP) is 3.62. The van der Waals surface area contributed by atoms with Crippen molar-refractivity contribution in [1.82, 2.24) is 15.0 Å². The number of benzene rings is 1. The molecule has 108 valence electrons. The van der Waals surface area contributed by atoms with Crippen molar-refractivity contribution in [3.05, 3.63) is 65.8 Å². The first-order valence-corrected chi connectivity index (χ1v) is 7.49. The van der Waals surface area contributed by atoms with Crippen molar-refractivity contribution in [2.75, 3.05) is 6.54 Å². The molecule has 1 N–H and O–H groups in total. The summed E-state index contributed by atoms with van der Waals surface area (Å²) >= 11 is 0. The van der Waals surface area contributed by atoms with Crippen LogP contribution in [0.4, 0.5) is 0 Å². The molecule has 3 heterocycles. The minimum absolute atomic E-state index is 0.889. The van der Waals surface area contributed by atoms with Gasteiger partial charge in [-0.2, -0.15) is 0 Å². The van der Waals surface area contributed by atoms with Crippen LogP contribution < -0.4 is 0 Å². The Bertz CT molecular complexity index is 859. The predicted molar refractivity (Wildman–Crippen MR) is 88.9 cm³/mol. The molecule has 1 aliphatic rings. The van der Waals surface area contributed by atoms with E-state index in [-0.39, 0.29) is 0 Å². The minimum Gasteiger partial charge on any atom is -0.345 e. The maximum absolute atomic E-state index is 4.72. The Morgan fingerprint density at radius 2 is 2.18 bits per heavy atom. The largest absolute Gasteiger partial charge is 0.345 e. The average Bonchev–Trinajstić information content (AvgIpc) is 3.04. The van der Waals surface area contributed by atoms with Crippen LogP contribution in [0.15, 0.2) is 59.6 Å². The van der Waals surface area contributed by atoms with Gasteiger partial charge >= 0.3 is 0 Å². The van der Waals surface area contributed by atoms with Crippen molar-refractivity contribution in [3.8, 4) is 0 Å². The van der Waals surface area contributed by atoms with Gasteiger partial charge in [-0.1, -0.05) is 6.07 Å². The second-order valence-electron chi connectivity index (χ2n) is 5.42. The molecule has 0 bridgehead atoms. The van der Waals surface area contributed by atoms with Crippen LogP contribution in [0.1, 0.15) is 24.0 Å². The third kappa shape index (κ3) is 2.44. The molecule has 4 rings (SSSR count). The minimum atomic E-state index is 0.889. The summed E-state index contributed by atoms with van der Waals surface area (Å²) in [6.07, 6.45) is 9.77. The summed E-state index contributed by atoms with van der Waals surface area (Å²) in [5.74, 6) is 0. The highest BCUT2D eigenvalue weighted by atomic mass is 14.9. The lowest BCUT2D eigenvalue weighted by atomic mass is 9.95. The third-order valence-corrected chi connectivity index (χ3v) is 3.90. The number of aliphatic imine (C=N–C) groups is 1. The summed E-state index contributed by atoms with van der Waals surface area (Å²) in [6, 6.07) is 10.3. The standard InChI is InChI=1S/C18H16N4/c1-4-15(11-19-7-1)18-14(3-2-8-20-18)9-13-5-6-16-17(10-13)22-12-21-16/h1,4-7,9-12H,2-3,8H2,(H,21,22)/b14-9+. The first kappa shape index (κ1) is 13.0. The van der Waals surface area contributed by atoms with Crippen LogP contribution in [0, 0.1) is 0 Å². The lowest BCUT2D eigenvalue weighted by Gasteiger charge is -2.16. The van der Waals surface area contributed by atoms with Crippen LogP contribution in [-0.4, -0.2) is 27.2 Å². The second kappa shape index (κ2) is 5.56. The number of nitrogens with one attached hydrogen (secondary N) is 1. The van der Waals surface area contributed by atoms with Gasteiger partial charge in [-0.05, 0) is 54.3 Å². The lowest BCUT2D eigenvalue weighted by Crippen LogP contribution is -2.11. The van der Waals surface area contributed by atoms with E-state index in [2.05, 4.69) is 45.3 Å². The molecule has 0 fully saturated rings. The van der Waals surface area contributed by atoms with E-state index < -0.39 is 0 Å². The normalized spacial score (nSPS) is 16.9. The fourth-order valence-electron chi connectivity index (χ4n) is 2.84. The van der Waals surface area contributed by atoms with Gasteiger partial charge in [-0.3, -0.25) is 9.98 Å². The molecule has 22 heavy (non-hydrogen) atoms. The topological polar surface area (TPSA) is 53.9 Å². The van der Waals surface area contributed by atoms with Gasteiger partial charge in [0.15, 0.2) is 0 Å². The van der Waals surface area contributed by atoms with Gasteiger partial charge < -0.3 is 4.98 Å². The number of fused-ring (bicyclic) bond motifs is 1. The molecular weight excluding hydrogens is 272 g/mol. The monoisotopic (exact) mass is 288 g/mol. The first-order chi connectivity index (χ1) is 10.9. The van der Waals surface area contributed by atoms with Crippen LogP contribution in [-0.2, 0) is 0 Å². The molecule has 0 amide bonds. The molecule has 4 nitrogen and oxygen atoms in total. The number of hydrogen-bond acceptors (Lipinski definition) is 3. The van der Waals surface area contributed by atoms with Crippen LogP contribution in [0.3, 0.4) is 0 Å². The van der Waals surface area contributed by atoms with Gasteiger partial charge in [0.2, 0.25) is 0 Å². The number of aromatic amines is 1.